The maximum Gasteiger partial charge on any atom is 0.0338 e. The molecule has 2 atom stereocenters. The van der Waals surface area contributed by atoms with Crippen molar-refractivity contribution in [3.8, 4) is 0 Å². The van der Waals surface area contributed by atoms with Gasteiger partial charge in [-0.05, 0) is 55.7 Å². The number of aryl methyl sites for hydroxylation is 2. The van der Waals surface area contributed by atoms with E-state index in [1.807, 2.05) is 0 Å². The van der Waals surface area contributed by atoms with Gasteiger partial charge in [0.25, 0.3) is 0 Å². The molecule has 0 spiro atoms. The first-order valence-corrected chi connectivity index (χ1v) is 7.29. The Labute approximate surface area is 110 Å². The first kappa shape index (κ1) is 13.0. The van der Waals surface area contributed by atoms with Crippen LogP contribution >= 0.6 is 11.6 Å². The number of alkyl halides is 1. The second-order valence-electron chi connectivity index (χ2n) is 5.56. The molecule has 0 aromatic heterocycles. The van der Waals surface area contributed by atoms with Gasteiger partial charge in [-0.25, -0.2) is 0 Å². The number of hydrogen-bond donors (Lipinski definition) is 0. The van der Waals surface area contributed by atoms with Crippen LogP contribution in [0.5, 0.6) is 0 Å². The van der Waals surface area contributed by atoms with E-state index in [2.05, 4.69) is 32.0 Å². The zero-order chi connectivity index (χ0) is 12.3. The second-order valence-corrected chi connectivity index (χ2v) is 6.18. The molecule has 1 saturated carbocycles. The third-order valence-corrected chi connectivity index (χ3v) is 4.50. The summed E-state index contributed by atoms with van der Waals surface area (Å²) in [5.74, 6) is 0.791. The van der Waals surface area contributed by atoms with Gasteiger partial charge in [0.15, 0.2) is 0 Å². The van der Waals surface area contributed by atoms with Crippen LogP contribution in [-0.2, 0) is 6.42 Å². The lowest BCUT2D eigenvalue weighted by atomic mass is 9.88. The molecule has 0 nitrogen and oxygen atoms in total. The van der Waals surface area contributed by atoms with Gasteiger partial charge in [-0.1, -0.05) is 37.5 Å². The molecule has 1 aliphatic rings. The summed E-state index contributed by atoms with van der Waals surface area (Å²) >= 11 is 6.36. The minimum Gasteiger partial charge on any atom is -0.123 e. The van der Waals surface area contributed by atoms with E-state index in [0.29, 0.717) is 5.38 Å². The highest BCUT2D eigenvalue weighted by molar-refractivity contribution is 6.20. The Morgan fingerprint density at radius 1 is 1.12 bits per heavy atom. The van der Waals surface area contributed by atoms with E-state index in [9.17, 15) is 0 Å². The SMILES string of the molecule is Cc1cccc(C)c1CC1CCCCC(Cl)C1. The van der Waals surface area contributed by atoms with Crippen LogP contribution in [0.3, 0.4) is 0 Å². The van der Waals surface area contributed by atoms with E-state index in [1.54, 1.807) is 5.56 Å². The Hall–Kier alpha value is -0.490. The molecule has 0 N–H and O–H groups in total. The Morgan fingerprint density at radius 3 is 2.47 bits per heavy atom. The summed E-state index contributed by atoms with van der Waals surface area (Å²) in [5, 5.41) is 0.409. The molecule has 17 heavy (non-hydrogen) atoms. The van der Waals surface area contributed by atoms with Crippen molar-refractivity contribution in [3.63, 3.8) is 0 Å². The fourth-order valence-corrected chi connectivity index (χ4v) is 3.45. The van der Waals surface area contributed by atoms with Crippen LogP contribution in [0, 0.1) is 19.8 Å². The molecule has 1 heteroatoms. The lowest BCUT2D eigenvalue weighted by molar-refractivity contribution is 0.458. The molecule has 94 valence electrons. The zero-order valence-corrected chi connectivity index (χ0v) is 11.8. The molecule has 2 unspecified atom stereocenters. The highest BCUT2D eigenvalue weighted by Gasteiger charge is 2.19. The van der Waals surface area contributed by atoms with Crippen LogP contribution < -0.4 is 0 Å². The predicted molar refractivity (Wildman–Crippen MR) is 75.8 cm³/mol. The lowest BCUT2D eigenvalue weighted by Crippen LogP contribution is -2.10. The van der Waals surface area contributed by atoms with E-state index in [-0.39, 0.29) is 0 Å². The largest absolute Gasteiger partial charge is 0.123 e. The quantitative estimate of drug-likeness (QED) is 0.510. The van der Waals surface area contributed by atoms with Crippen molar-refractivity contribution in [1.29, 1.82) is 0 Å². The monoisotopic (exact) mass is 250 g/mol. The molecule has 0 bridgehead atoms. The number of benzene rings is 1. The van der Waals surface area contributed by atoms with Crippen LogP contribution in [-0.4, -0.2) is 5.38 Å². The zero-order valence-electron chi connectivity index (χ0n) is 11.0. The molecular formula is C16H23Cl. The number of rotatable bonds is 2. The minimum absolute atomic E-state index is 0.409. The van der Waals surface area contributed by atoms with Crippen molar-refractivity contribution in [2.45, 2.75) is 57.7 Å². The Balaban J connectivity index is 2.09. The van der Waals surface area contributed by atoms with Gasteiger partial charge in [-0.3, -0.25) is 0 Å². The highest BCUT2D eigenvalue weighted by atomic mass is 35.5. The summed E-state index contributed by atoms with van der Waals surface area (Å²) in [7, 11) is 0. The van der Waals surface area contributed by atoms with Gasteiger partial charge in [0, 0.05) is 5.38 Å². The van der Waals surface area contributed by atoms with Crippen LogP contribution in [0.15, 0.2) is 18.2 Å². The van der Waals surface area contributed by atoms with Gasteiger partial charge in [0.2, 0.25) is 0 Å². The molecule has 1 aliphatic carbocycles. The van der Waals surface area contributed by atoms with Gasteiger partial charge in [0.1, 0.15) is 0 Å². The summed E-state index contributed by atoms with van der Waals surface area (Å²) in [5.41, 5.74) is 4.45. The fraction of sp³-hybridized carbons (Fsp3) is 0.625. The Kier molecular flexibility index (Phi) is 4.50. The smallest absolute Gasteiger partial charge is 0.0338 e. The van der Waals surface area contributed by atoms with Gasteiger partial charge < -0.3 is 0 Å². The van der Waals surface area contributed by atoms with Crippen LogP contribution in [0.1, 0.15) is 48.8 Å². The summed E-state index contributed by atoms with van der Waals surface area (Å²) in [6, 6.07) is 6.63. The molecule has 0 saturated heterocycles. The Bertz CT molecular complexity index is 350. The molecule has 0 aliphatic heterocycles. The van der Waals surface area contributed by atoms with Crippen molar-refractivity contribution in [2.24, 2.45) is 5.92 Å². The molecule has 0 amide bonds. The summed E-state index contributed by atoms with van der Waals surface area (Å²) in [4.78, 5) is 0. The van der Waals surface area contributed by atoms with Crippen LogP contribution in [0.4, 0.5) is 0 Å². The molecule has 1 aromatic rings. The molecule has 0 heterocycles. The standard InChI is InChI=1S/C16H23Cl/c1-12-6-5-7-13(2)16(12)11-14-8-3-4-9-15(17)10-14/h5-7,14-15H,3-4,8-11H2,1-2H3. The van der Waals surface area contributed by atoms with E-state index >= 15 is 0 Å². The maximum absolute atomic E-state index is 6.36. The van der Waals surface area contributed by atoms with E-state index in [0.717, 1.165) is 5.92 Å². The number of halogens is 1. The van der Waals surface area contributed by atoms with Gasteiger partial charge in [-0.2, -0.15) is 0 Å². The average molecular weight is 251 g/mol. The molecule has 1 aromatic carbocycles. The second kappa shape index (κ2) is 5.91. The van der Waals surface area contributed by atoms with E-state index in [4.69, 9.17) is 11.6 Å². The predicted octanol–water partition coefficient (Wildman–Crippen LogP) is 5.03. The van der Waals surface area contributed by atoms with Crippen molar-refractivity contribution < 1.29 is 0 Å². The van der Waals surface area contributed by atoms with Gasteiger partial charge in [0.05, 0.1) is 0 Å². The van der Waals surface area contributed by atoms with Crippen LogP contribution in [0.25, 0.3) is 0 Å². The normalized spacial score (nSPS) is 25.6. The first-order valence-electron chi connectivity index (χ1n) is 6.86. The van der Waals surface area contributed by atoms with Crippen molar-refractivity contribution >= 4 is 11.6 Å². The van der Waals surface area contributed by atoms with Crippen LogP contribution in [0.2, 0.25) is 0 Å². The molecule has 0 radical (unpaired) electrons. The highest BCUT2D eigenvalue weighted by Crippen LogP contribution is 2.30. The van der Waals surface area contributed by atoms with Crippen molar-refractivity contribution in [1.82, 2.24) is 0 Å². The van der Waals surface area contributed by atoms with Gasteiger partial charge >= 0.3 is 0 Å². The molecule has 2 rings (SSSR count). The lowest BCUT2D eigenvalue weighted by Gasteiger charge is -2.19. The molecular weight excluding hydrogens is 228 g/mol. The molecule has 1 fully saturated rings. The average Bonchev–Trinajstić information content (AvgIpc) is 2.48. The summed E-state index contributed by atoms with van der Waals surface area (Å²) < 4.78 is 0. The van der Waals surface area contributed by atoms with E-state index < -0.39 is 0 Å². The topological polar surface area (TPSA) is 0 Å². The summed E-state index contributed by atoms with van der Waals surface area (Å²) in [6.07, 6.45) is 7.68. The first-order chi connectivity index (χ1) is 8.16. The summed E-state index contributed by atoms with van der Waals surface area (Å²) in [6.45, 7) is 4.47. The fourth-order valence-electron chi connectivity index (χ4n) is 3.04. The Morgan fingerprint density at radius 2 is 1.76 bits per heavy atom. The third-order valence-electron chi connectivity index (χ3n) is 4.11. The number of hydrogen-bond acceptors (Lipinski definition) is 0. The third kappa shape index (κ3) is 3.48. The van der Waals surface area contributed by atoms with Crippen molar-refractivity contribution in [3.05, 3.63) is 34.9 Å². The minimum atomic E-state index is 0.409. The van der Waals surface area contributed by atoms with Gasteiger partial charge in [-0.15, -0.1) is 11.6 Å². The van der Waals surface area contributed by atoms with Crippen molar-refractivity contribution in [2.75, 3.05) is 0 Å². The maximum atomic E-state index is 6.36. The van der Waals surface area contributed by atoms with E-state index in [1.165, 1.54) is 49.7 Å².